The van der Waals surface area contributed by atoms with Gasteiger partial charge in [0.1, 0.15) is 11.3 Å². The zero-order valence-electron chi connectivity index (χ0n) is 20.6. The van der Waals surface area contributed by atoms with Crippen molar-refractivity contribution in [2.75, 3.05) is 11.4 Å². The van der Waals surface area contributed by atoms with E-state index < -0.39 is 0 Å². The third kappa shape index (κ3) is 4.00. The van der Waals surface area contributed by atoms with Crippen LogP contribution in [0.5, 0.6) is 0 Å². The molecule has 1 saturated heterocycles. The van der Waals surface area contributed by atoms with Gasteiger partial charge < -0.3 is 4.90 Å². The summed E-state index contributed by atoms with van der Waals surface area (Å²) < 4.78 is 2.10. The quantitative estimate of drug-likeness (QED) is 0.447. The molecule has 0 amide bonds. The zero-order chi connectivity index (χ0) is 22.8. The van der Waals surface area contributed by atoms with Crippen molar-refractivity contribution < 1.29 is 0 Å². The third-order valence-electron chi connectivity index (χ3n) is 7.02. The maximum absolute atomic E-state index is 5.20. The number of aromatic nitrogens is 5. The summed E-state index contributed by atoms with van der Waals surface area (Å²) in [6.45, 7) is 14.3. The van der Waals surface area contributed by atoms with Gasteiger partial charge in [0.15, 0.2) is 5.65 Å². The Labute approximate surface area is 192 Å². The number of hydrogen-bond donors (Lipinski definition) is 0. The lowest BCUT2D eigenvalue weighted by molar-refractivity contribution is 0.373. The maximum Gasteiger partial charge on any atom is 0.177 e. The van der Waals surface area contributed by atoms with Gasteiger partial charge in [-0.05, 0) is 63.5 Å². The first kappa shape index (κ1) is 22.7. The van der Waals surface area contributed by atoms with Crippen LogP contribution in [0.4, 0.5) is 5.82 Å². The molecule has 3 aromatic rings. The smallest absolute Gasteiger partial charge is 0.177 e. The van der Waals surface area contributed by atoms with Gasteiger partial charge in [0.25, 0.3) is 0 Å². The molecule has 0 spiro atoms. The lowest BCUT2D eigenvalue weighted by Crippen LogP contribution is -2.43. The van der Waals surface area contributed by atoms with E-state index in [9.17, 15) is 0 Å². The van der Waals surface area contributed by atoms with Crippen LogP contribution in [-0.4, -0.2) is 37.3 Å². The van der Waals surface area contributed by atoms with Crippen molar-refractivity contribution in [3.05, 3.63) is 29.7 Å². The fraction of sp³-hybridized carbons (Fsp3) is 0.615. The molecular formula is C26H38N6. The highest BCUT2D eigenvalue weighted by Crippen LogP contribution is 2.36. The first-order chi connectivity index (χ1) is 15.5. The molecular weight excluding hydrogens is 396 g/mol. The summed E-state index contributed by atoms with van der Waals surface area (Å²) in [7, 11) is 0. The van der Waals surface area contributed by atoms with E-state index in [4.69, 9.17) is 20.1 Å². The average molecular weight is 435 g/mol. The standard InChI is InChI=1S/C26H38N6/c1-7-19(8-2)32-26-23(18(6)30-32)29-24(21(9-3)28-26)20-13-12-15-27-25(20)31-16-11-10-14-22(31)17(4)5/h12-13,15,17,19,22H,7-11,14,16H2,1-6H3. The number of fused-ring (bicyclic) bond motifs is 1. The molecule has 6 heteroatoms. The summed E-state index contributed by atoms with van der Waals surface area (Å²) in [5.74, 6) is 1.64. The molecule has 1 atom stereocenters. The Morgan fingerprint density at radius 2 is 1.88 bits per heavy atom. The molecule has 4 rings (SSSR count). The Bertz CT molecular complexity index is 1070. The molecule has 0 saturated carbocycles. The van der Waals surface area contributed by atoms with Gasteiger partial charge in [-0.3, -0.25) is 0 Å². The van der Waals surface area contributed by atoms with Crippen LogP contribution in [0, 0.1) is 12.8 Å². The maximum atomic E-state index is 5.20. The SMILES string of the molecule is CCc1nc2c(nc1-c1cccnc1N1CCCCC1C(C)C)c(C)nn2C(CC)CC. The van der Waals surface area contributed by atoms with Crippen LogP contribution in [-0.2, 0) is 6.42 Å². The lowest BCUT2D eigenvalue weighted by Gasteiger charge is -2.40. The summed E-state index contributed by atoms with van der Waals surface area (Å²) in [4.78, 5) is 17.7. The van der Waals surface area contributed by atoms with Crippen LogP contribution >= 0.6 is 0 Å². The molecule has 4 heterocycles. The predicted molar refractivity (Wildman–Crippen MR) is 132 cm³/mol. The van der Waals surface area contributed by atoms with Crippen LogP contribution < -0.4 is 4.90 Å². The van der Waals surface area contributed by atoms with Gasteiger partial charge in [0.05, 0.1) is 23.1 Å². The van der Waals surface area contributed by atoms with Crippen molar-refractivity contribution in [1.82, 2.24) is 24.7 Å². The van der Waals surface area contributed by atoms with E-state index in [1.165, 1.54) is 19.3 Å². The monoisotopic (exact) mass is 434 g/mol. The van der Waals surface area contributed by atoms with Gasteiger partial charge >= 0.3 is 0 Å². The van der Waals surface area contributed by atoms with Crippen molar-refractivity contribution in [1.29, 1.82) is 0 Å². The summed E-state index contributed by atoms with van der Waals surface area (Å²) in [6.07, 6.45) is 8.55. The van der Waals surface area contributed by atoms with Crippen LogP contribution in [0.2, 0.25) is 0 Å². The Morgan fingerprint density at radius 1 is 1.09 bits per heavy atom. The predicted octanol–water partition coefficient (Wildman–Crippen LogP) is 6.14. The van der Waals surface area contributed by atoms with Crippen molar-refractivity contribution in [2.45, 2.75) is 92.2 Å². The van der Waals surface area contributed by atoms with Crippen LogP contribution in [0.3, 0.4) is 0 Å². The minimum Gasteiger partial charge on any atom is -0.353 e. The number of anilines is 1. The molecule has 0 radical (unpaired) electrons. The van der Waals surface area contributed by atoms with E-state index in [-0.39, 0.29) is 0 Å². The number of pyridine rings is 1. The molecule has 1 fully saturated rings. The molecule has 6 nitrogen and oxygen atoms in total. The van der Waals surface area contributed by atoms with Gasteiger partial charge in [0.2, 0.25) is 0 Å². The molecule has 0 aliphatic carbocycles. The largest absolute Gasteiger partial charge is 0.353 e. The van der Waals surface area contributed by atoms with E-state index in [0.717, 1.165) is 65.4 Å². The van der Waals surface area contributed by atoms with Gasteiger partial charge in [-0.2, -0.15) is 5.10 Å². The average Bonchev–Trinajstić information content (AvgIpc) is 3.14. The van der Waals surface area contributed by atoms with Crippen molar-refractivity contribution in [3.8, 4) is 11.3 Å². The molecule has 1 aliphatic rings. The fourth-order valence-corrected chi connectivity index (χ4v) is 5.19. The Morgan fingerprint density at radius 3 is 2.56 bits per heavy atom. The lowest BCUT2D eigenvalue weighted by atomic mass is 9.92. The topological polar surface area (TPSA) is 59.7 Å². The Balaban J connectivity index is 1.88. The van der Waals surface area contributed by atoms with Crippen molar-refractivity contribution >= 4 is 17.0 Å². The summed E-state index contributed by atoms with van der Waals surface area (Å²) in [5.41, 5.74) is 5.87. The number of nitrogens with zero attached hydrogens (tertiary/aromatic N) is 6. The fourth-order valence-electron chi connectivity index (χ4n) is 5.19. The summed E-state index contributed by atoms with van der Waals surface area (Å²) >= 11 is 0. The normalized spacial score (nSPS) is 17.1. The summed E-state index contributed by atoms with van der Waals surface area (Å²) in [6, 6.07) is 5.06. The highest BCUT2D eigenvalue weighted by atomic mass is 15.3. The second-order valence-electron chi connectivity index (χ2n) is 9.42. The third-order valence-corrected chi connectivity index (χ3v) is 7.02. The number of rotatable bonds is 7. The van der Waals surface area contributed by atoms with E-state index in [1.807, 2.05) is 12.3 Å². The highest BCUT2D eigenvalue weighted by Gasteiger charge is 2.29. The van der Waals surface area contributed by atoms with Crippen molar-refractivity contribution in [3.63, 3.8) is 0 Å². The van der Waals surface area contributed by atoms with Gasteiger partial charge in [-0.25, -0.2) is 19.6 Å². The highest BCUT2D eigenvalue weighted by molar-refractivity contribution is 5.82. The number of aryl methyl sites for hydroxylation is 2. The van der Waals surface area contributed by atoms with Crippen molar-refractivity contribution in [2.24, 2.45) is 5.92 Å². The summed E-state index contributed by atoms with van der Waals surface area (Å²) in [5, 5.41) is 4.86. The van der Waals surface area contributed by atoms with E-state index >= 15 is 0 Å². The molecule has 172 valence electrons. The van der Waals surface area contributed by atoms with Crippen LogP contribution in [0.25, 0.3) is 22.4 Å². The minimum absolute atomic E-state index is 0.352. The van der Waals surface area contributed by atoms with Gasteiger partial charge in [-0.1, -0.05) is 34.6 Å². The van der Waals surface area contributed by atoms with E-state index in [1.54, 1.807) is 0 Å². The number of piperidine rings is 1. The van der Waals surface area contributed by atoms with E-state index in [2.05, 4.69) is 57.2 Å². The minimum atomic E-state index is 0.352. The second-order valence-corrected chi connectivity index (χ2v) is 9.42. The molecule has 0 bridgehead atoms. The Kier molecular flexibility index (Phi) is 6.77. The van der Waals surface area contributed by atoms with Crippen LogP contribution in [0.1, 0.15) is 84.2 Å². The molecule has 1 unspecified atom stereocenters. The molecule has 3 aromatic heterocycles. The molecule has 0 N–H and O–H groups in total. The van der Waals surface area contributed by atoms with Gasteiger partial charge in [0, 0.05) is 24.3 Å². The molecule has 32 heavy (non-hydrogen) atoms. The van der Waals surface area contributed by atoms with Crippen LogP contribution in [0.15, 0.2) is 18.3 Å². The first-order valence-corrected chi connectivity index (χ1v) is 12.5. The Hall–Kier alpha value is -2.50. The van der Waals surface area contributed by atoms with Gasteiger partial charge in [-0.15, -0.1) is 0 Å². The van der Waals surface area contributed by atoms with E-state index in [0.29, 0.717) is 18.0 Å². The zero-order valence-corrected chi connectivity index (χ0v) is 20.6. The molecule has 1 aliphatic heterocycles. The first-order valence-electron chi connectivity index (χ1n) is 12.5. The number of hydrogen-bond acceptors (Lipinski definition) is 5. The molecule has 0 aromatic carbocycles. The second kappa shape index (κ2) is 9.55.